The monoisotopic (exact) mass is 365 g/mol. The molecule has 0 spiro atoms. The minimum Gasteiger partial charge on any atom is -0.494 e. The van der Waals surface area contributed by atoms with Crippen LogP contribution in [0, 0.1) is 0 Å². The Kier molecular flexibility index (Phi) is 6.85. The van der Waals surface area contributed by atoms with E-state index in [1.807, 2.05) is 30.3 Å². The molecule has 27 heavy (non-hydrogen) atoms. The molecule has 0 aliphatic carbocycles. The third kappa shape index (κ3) is 5.09. The van der Waals surface area contributed by atoms with E-state index in [-0.39, 0.29) is 0 Å². The highest BCUT2D eigenvalue weighted by Crippen LogP contribution is 2.18. The van der Waals surface area contributed by atoms with Gasteiger partial charge in [0.25, 0.3) is 0 Å². The van der Waals surface area contributed by atoms with Gasteiger partial charge in [0.15, 0.2) is 0 Å². The summed E-state index contributed by atoms with van der Waals surface area (Å²) < 4.78 is 8.11. The van der Waals surface area contributed by atoms with Crippen LogP contribution in [0.1, 0.15) is 31.2 Å². The highest BCUT2D eigenvalue weighted by Gasteiger charge is 2.09. The lowest BCUT2D eigenvalue weighted by molar-refractivity contribution is -0.109. The van der Waals surface area contributed by atoms with E-state index in [1.54, 1.807) is 0 Å². The number of aromatic nitrogens is 2. The molecule has 142 valence electrons. The Morgan fingerprint density at radius 2 is 1.93 bits per heavy atom. The molecule has 1 N–H and O–H groups in total. The van der Waals surface area contributed by atoms with E-state index in [9.17, 15) is 4.79 Å². The summed E-state index contributed by atoms with van der Waals surface area (Å²) in [7, 11) is 0. The zero-order chi connectivity index (χ0) is 18.9. The molecule has 1 aromatic heterocycles. The van der Waals surface area contributed by atoms with Crippen LogP contribution >= 0.6 is 0 Å². The lowest BCUT2D eigenvalue weighted by atomic mass is 10.2. The van der Waals surface area contributed by atoms with Crippen molar-refractivity contribution in [3.05, 3.63) is 59.9 Å². The fourth-order valence-electron chi connectivity index (χ4n) is 3.19. The number of ether oxygens (including phenoxy) is 1. The number of hydrogen-bond donors (Lipinski definition) is 1. The summed E-state index contributed by atoms with van der Waals surface area (Å²) in [6.45, 7) is 4.36. The van der Waals surface area contributed by atoms with Gasteiger partial charge < -0.3 is 14.6 Å². The quantitative estimate of drug-likeness (QED) is 0.416. The maximum absolute atomic E-state index is 10.5. The molecule has 1 amide bonds. The van der Waals surface area contributed by atoms with Crippen molar-refractivity contribution in [2.24, 2.45) is 0 Å². The maximum atomic E-state index is 10.5. The number of fused-ring (bicyclic) bond motifs is 1. The SMILES string of the molecule is CCc1ccc(OCCCCn2c(CCNC=O)nc3ccccc32)cc1. The average Bonchev–Trinajstić information content (AvgIpc) is 3.06. The summed E-state index contributed by atoms with van der Waals surface area (Å²) in [6, 6.07) is 16.5. The third-order valence-corrected chi connectivity index (χ3v) is 4.69. The van der Waals surface area contributed by atoms with Crippen LogP contribution in [0.4, 0.5) is 0 Å². The molecule has 3 rings (SSSR count). The number of unbranched alkanes of at least 4 members (excludes halogenated alkanes) is 1. The lowest BCUT2D eigenvalue weighted by Crippen LogP contribution is -2.17. The van der Waals surface area contributed by atoms with Crippen LogP contribution in [0.2, 0.25) is 0 Å². The van der Waals surface area contributed by atoms with Gasteiger partial charge in [-0.05, 0) is 49.1 Å². The Morgan fingerprint density at radius 3 is 2.70 bits per heavy atom. The Balaban J connectivity index is 1.54. The standard InChI is InChI=1S/C22H27N3O2/c1-2-18-9-11-19(12-10-18)27-16-6-5-15-25-21-8-4-3-7-20(21)24-22(25)13-14-23-17-26/h3-4,7-12,17H,2,5-6,13-16H2,1H3,(H,23,26). The zero-order valence-electron chi connectivity index (χ0n) is 15.9. The van der Waals surface area contributed by atoms with E-state index >= 15 is 0 Å². The highest BCUT2D eigenvalue weighted by atomic mass is 16.5. The summed E-state index contributed by atoms with van der Waals surface area (Å²) in [5, 5.41) is 2.72. The smallest absolute Gasteiger partial charge is 0.207 e. The zero-order valence-corrected chi connectivity index (χ0v) is 15.9. The number of nitrogens with one attached hydrogen (secondary N) is 1. The first-order valence-corrected chi connectivity index (χ1v) is 9.64. The Hall–Kier alpha value is -2.82. The Bertz CT molecular complexity index is 856. The first-order chi connectivity index (χ1) is 13.3. The van der Waals surface area contributed by atoms with Gasteiger partial charge in [-0.1, -0.05) is 31.2 Å². The third-order valence-electron chi connectivity index (χ3n) is 4.69. The van der Waals surface area contributed by atoms with Gasteiger partial charge in [0, 0.05) is 19.5 Å². The number of nitrogens with zero attached hydrogens (tertiary/aromatic N) is 2. The molecule has 0 saturated carbocycles. The second kappa shape index (κ2) is 9.76. The van der Waals surface area contributed by atoms with Gasteiger partial charge in [-0.2, -0.15) is 0 Å². The van der Waals surface area contributed by atoms with E-state index in [4.69, 9.17) is 9.72 Å². The minimum absolute atomic E-state index is 0.601. The second-order valence-electron chi connectivity index (χ2n) is 6.54. The fraction of sp³-hybridized carbons (Fsp3) is 0.364. The average molecular weight is 365 g/mol. The molecule has 0 radical (unpaired) electrons. The number of para-hydroxylation sites is 2. The second-order valence-corrected chi connectivity index (χ2v) is 6.54. The van der Waals surface area contributed by atoms with Gasteiger partial charge in [-0.3, -0.25) is 4.79 Å². The summed E-state index contributed by atoms with van der Waals surface area (Å²) in [6.07, 6.45) is 4.50. The van der Waals surface area contributed by atoms with Crippen LogP contribution in [0.3, 0.4) is 0 Å². The van der Waals surface area contributed by atoms with Crippen LogP contribution in [0.25, 0.3) is 11.0 Å². The molecule has 5 nitrogen and oxygen atoms in total. The van der Waals surface area contributed by atoms with Crippen LogP contribution in [-0.2, 0) is 24.2 Å². The molecule has 1 heterocycles. The molecule has 0 saturated heterocycles. The molecule has 5 heteroatoms. The molecule has 0 bridgehead atoms. The molecular formula is C22H27N3O2. The molecule has 0 aliphatic rings. The molecule has 2 aromatic carbocycles. The van der Waals surface area contributed by atoms with E-state index in [1.165, 1.54) is 5.56 Å². The summed E-state index contributed by atoms with van der Waals surface area (Å²) >= 11 is 0. The largest absolute Gasteiger partial charge is 0.494 e. The van der Waals surface area contributed by atoms with E-state index in [0.717, 1.165) is 61.2 Å². The van der Waals surface area contributed by atoms with Crippen molar-refractivity contribution in [2.45, 2.75) is 39.2 Å². The topological polar surface area (TPSA) is 56.1 Å². The lowest BCUT2D eigenvalue weighted by Gasteiger charge is -2.10. The molecule has 3 aromatic rings. The first kappa shape index (κ1) is 19.0. The Labute approximate surface area is 160 Å². The van der Waals surface area contributed by atoms with Crippen molar-refractivity contribution in [2.75, 3.05) is 13.2 Å². The van der Waals surface area contributed by atoms with Crippen LogP contribution < -0.4 is 10.1 Å². The number of hydrogen-bond acceptors (Lipinski definition) is 3. The van der Waals surface area contributed by atoms with Crippen molar-refractivity contribution < 1.29 is 9.53 Å². The number of aryl methyl sites for hydroxylation is 2. The van der Waals surface area contributed by atoms with E-state index in [0.29, 0.717) is 13.2 Å². The van der Waals surface area contributed by atoms with Crippen molar-refractivity contribution in [3.63, 3.8) is 0 Å². The van der Waals surface area contributed by atoms with Crippen LogP contribution in [0.5, 0.6) is 5.75 Å². The molecule has 0 fully saturated rings. The number of carbonyl (C=O) groups is 1. The van der Waals surface area contributed by atoms with Gasteiger partial charge >= 0.3 is 0 Å². The van der Waals surface area contributed by atoms with E-state index in [2.05, 4.69) is 35.0 Å². The van der Waals surface area contributed by atoms with Gasteiger partial charge in [-0.15, -0.1) is 0 Å². The van der Waals surface area contributed by atoms with Crippen molar-refractivity contribution >= 4 is 17.4 Å². The van der Waals surface area contributed by atoms with Gasteiger partial charge in [0.1, 0.15) is 11.6 Å². The fourth-order valence-corrected chi connectivity index (χ4v) is 3.19. The maximum Gasteiger partial charge on any atom is 0.207 e. The van der Waals surface area contributed by atoms with Crippen LogP contribution in [0.15, 0.2) is 48.5 Å². The van der Waals surface area contributed by atoms with Gasteiger partial charge in [-0.25, -0.2) is 4.98 Å². The predicted octanol–water partition coefficient (Wildman–Crippen LogP) is 3.75. The molecule has 0 atom stereocenters. The number of rotatable bonds is 11. The normalized spacial score (nSPS) is 10.9. The van der Waals surface area contributed by atoms with Crippen molar-refractivity contribution in [3.8, 4) is 5.75 Å². The highest BCUT2D eigenvalue weighted by molar-refractivity contribution is 5.75. The number of amides is 1. The van der Waals surface area contributed by atoms with Gasteiger partial charge in [0.05, 0.1) is 17.6 Å². The molecular weight excluding hydrogens is 338 g/mol. The number of benzene rings is 2. The van der Waals surface area contributed by atoms with Crippen molar-refractivity contribution in [1.82, 2.24) is 14.9 Å². The van der Waals surface area contributed by atoms with Crippen LogP contribution in [-0.4, -0.2) is 29.1 Å². The first-order valence-electron chi connectivity index (χ1n) is 9.64. The Morgan fingerprint density at radius 1 is 1.11 bits per heavy atom. The van der Waals surface area contributed by atoms with Crippen molar-refractivity contribution in [1.29, 1.82) is 0 Å². The molecule has 0 unspecified atom stereocenters. The summed E-state index contributed by atoms with van der Waals surface area (Å²) in [5.74, 6) is 1.95. The van der Waals surface area contributed by atoms with Gasteiger partial charge in [0.2, 0.25) is 6.41 Å². The minimum atomic E-state index is 0.601. The summed E-state index contributed by atoms with van der Waals surface area (Å²) in [4.78, 5) is 15.2. The summed E-state index contributed by atoms with van der Waals surface area (Å²) in [5.41, 5.74) is 3.48. The number of imidazole rings is 1. The predicted molar refractivity (Wildman–Crippen MR) is 108 cm³/mol. The van der Waals surface area contributed by atoms with E-state index < -0.39 is 0 Å². The molecule has 0 aliphatic heterocycles. The number of carbonyl (C=O) groups excluding carboxylic acids is 1.